The van der Waals surface area contributed by atoms with Crippen LogP contribution < -0.4 is 0 Å². The Morgan fingerprint density at radius 3 is 2.78 bits per heavy atom. The Morgan fingerprint density at radius 1 is 1.56 bits per heavy atom. The first-order valence-corrected chi connectivity index (χ1v) is 2.58. The van der Waals surface area contributed by atoms with Crippen molar-refractivity contribution in [2.24, 2.45) is 5.18 Å². The molecule has 0 fully saturated rings. The van der Waals surface area contributed by atoms with Gasteiger partial charge in [-0.1, -0.05) is 0 Å². The molecule has 9 heavy (non-hydrogen) atoms. The van der Waals surface area contributed by atoms with E-state index in [1.807, 2.05) is 6.92 Å². The summed E-state index contributed by atoms with van der Waals surface area (Å²) in [5.74, 6) is 0. The number of nitrogens with zero attached hydrogens (tertiary/aromatic N) is 2. The summed E-state index contributed by atoms with van der Waals surface area (Å²) in [6.45, 7) is 1.86. The lowest BCUT2D eigenvalue weighted by Crippen LogP contribution is -1.72. The van der Waals surface area contributed by atoms with Gasteiger partial charge in [0.1, 0.15) is 5.69 Å². The molecule has 0 saturated heterocycles. The number of nitroso groups, excluding NO2 is 1. The zero-order valence-corrected chi connectivity index (χ0v) is 5.03. The van der Waals surface area contributed by atoms with Crippen molar-refractivity contribution < 1.29 is 0 Å². The van der Waals surface area contributed by atoms with E-state index in [4.69, 9.17) is 0 Å². The number of hydrogen-bond donors (Lipinski definition) is 0. The zero-order chi connectivity index (χ0) is 6.69. The van der Waals surface area contributed by atoms with Gasteiger partial charge in [0.05, 0.1) is 6.20 Å². The maximum atomic E-state index is 9.87. The molecule has 0 aliphatic carbocycles. The Kier molecular flexibility index (Phi) is 1.53. The van der Waals surface area contributed by atoms with Gasteiger partial charge in [-0.15, -0.1) is 4.91 Å². The summed E-state index contributed by atoms with van der Waals surface area (Å²) in [5, 5.41) is 2.72. The second-order valence-corrected chi connectivity index (χ2v) is 1.81. The summed E-state index contributed by atoms with van der Waals surface area (Å²) in [6, 6.07) is 1.68. The van der Waals surface area contributed by atoms with Gasteiger partial charge in [0, 0.05) is 6.20 Å². The van der Waals surface area contributed by atoms with Crippen LogP contribution in [0.4, 0.5) is 5.69 Å². The first-order valence-electron chi connectivity index (χ1n) is 2.58. The Balaban J connectivity index is 3.07. The molecule has 0 saturated carbocycles. The molecule has 0 aliphatic rings. The largest absolute Gasteiger partial charge is 0.262 e. The van der Waals surface area contributed by atoms with E-state index in [2.05, 4.69) is 10.2 Å². The van der Waals surface area contributed by atoms with Gasteiger partial charge in [0.25, 0.3) is 0 Å². The molecule has 0 unspecified atom stereocenters. The molecule has 1 rings (SSSR count). The van der Waals surface area contributed by atoms with E-state index in [0.29, 0.717) is 5.69 Å². The first kappa shape index (κ1) is 5.88. The van der Waals surface area contributed by atoms with E-state index in [-0.39, 0.29) is 0 Å². The van der Waals surface area contributed by atoms with Crippen LogP contribution in [0.3, 0.4) is 0 Å². The molecule has 3 heteroatoms. The normalized spacial score (nSPS) is 9.00. The van der Waals surface area contributed by atoms with E-state index in [1.165, 1.54) is 6.20 Å². The lowest BCUT2D eigenvalue weighted by molar-refractivity contribution is 1.25. The molecule has 3 nitrogen and oxygen atoms in total. The van der Waals surface area contributed by atoms with Crippen LogP contribution >= 0.6 is 0 Å². The Labute approximate surface area is 52.7 Å². The van der Waals surface area contributed by atoms with Crippen LogP contribution in [0, 0.1) is 11.8 Å². The van der Waals surface area contributed by atoms with Crippen molar-refractivity contribution in [3.05, 3.63) is 28.9 Å². The minimum Gasteiger partial charge on any atom is -0.262 e. The fourth-order valence-electron chi connectivity index (χ4n) is 0.589. The topological polar surface area (TPSA) is 42.3 Å². The summed E-state index contributed by atoms with van der Waals surface area (Å²) < 4.78 is 0. The highest BCUT2D eigenvalue weighted by Crippen LogP contribution is 2.09. The van der Waals surface area contributed by atoms with Crippen LogP contribution in [0.1, 0.15) is 5.56 Å². The SMILES string of the molecule is Cc1cncc(N=O)c1. The average Bonchev–Trinajstić information content (AvgIpc) is 1.88. The summed E-state index contributed by atoms with van der Waals surface area (Å²) in [6.07, 6.45) is 3.11. The van der Waals surface area contributed by atoms with Gasteiger partial charge in [-0.25, -0.2) is 0 Å². The maximum Gasteiger partial charge on any atom is 0.126 e. The van der Waals surface area contributed by atoms with Crippen LogP contribution in [0.25, 0.3) is 0 Å². The smallest absolute Gasteiger partial charge is 0.126 e. The van der Waals surface area contributed by atoms with Crippen molar-refractivity contribution in [3.63, 3.8) is 0 Å². The first-order chi connectivity index (χ1) is 4.33. The number of pyridine rings is 1. The average molecular weight is 122 g/mol. The van der Waals surface area contributed by atoms with Crippen LogP contribution in [-0.2, 0) is 0 Å². The maximum absolute atomic E-state index is 9.87. The molecule has 0 aromatic carbocycles. The van der Waals surface area contributed by atoms with Crippen molar-refractivity contribution in [2.75, 3.05) is 0 Å². The molecule has 46 valence electrons. The molecular formula is C6H6N2O. The number of rotatable bonds is 1. The van der Waals surface area contributed by atoms with Crippen LogP contribution in [0.2, 0.25) is 0 Å². The van der Waals surface area contributed by atoms with Crippen molar-refractivity contribution in [3.8, 4) is 0 Å². The highest BCUT2D eigenvalue weighted by Gasteiger charge is 1.88. The molecule has 0 bridgehead atoms. The van der Waals surface area contributed by atoms with Crippen molar-refractivity contribution in [2.45, 2.75) is 6.92 Å². The van der Waals surface area contributed by atoms with Gasteiger partial charge < -0.3 is 0 Å². The van der Waals surface area contributed by atoms with E-state index in [9.17, 15) is 4.91 Å². The van der Waals surface area contributed by atoms with Crippen LogP contribution in [0.5, 0.6) is 0 Å². The Hall–Kier alpha value is -1.25. The second-order valence-electron chi connectivity index (χ2n) is 1.81. The molecule has 0 atom stereocenters. The Morgan fingerprint density at radius 2 is 2.33 bits per heavy atom. The third kappa shape index (κ3) is 1.32. The van der Waals surface area contributed by atoms with Crippen molar-refractivity contribution in [1.82, 2.24) is 4.98 Å². The molecular weight excluding hydrogens is 116 g/mol. The lowest BCUT2D eigenvalue weighted by atomic mass is 10.3. The predicted molar refractivity (Wildman–Crippen MR) is 34.4 cm³/mol. The van der Waals surface area contributed by atoms with E-state index in [0.717, 1.165) is 5.56 Å². The summed E-state index contributed by atoms with van der Waals surface area (Å²) in [4.78, 5) is 13.6. The molecule has 1 aromatic heterocycles. The molecule has 0 radical (unpaired) electrons. The van der Waals surface area contributed by atoms with E-state index >= 15 is 0 Å². The monoisotopic (exact) mass is 122 g/mol. The third-order valence-electron chi connectivity index (χ3n) is 0.966. The van der Waals surface area contributed by atoms with E-state index in [1.54, 1.807) is 12.3 Å². The fraction of sp³-hybridized carbons (Fsp3) is 0.167. The van der Waals surface area contributed by atoms with Gasteiger partial charge in [-0.3, -0.25) is 4.98 Å². The minimum absolute atomic E-state index is 0.384. The minimum atomic E-state index is 0.384. The van der Waals surface area contributed by atoms with Crippen LogP contribution in [0.15, 0.2) is 23.6 Å². The number of hydrogen-bond acceptors (Lipinski definition) is 3. The molecule has 1 heterocycles. The lowest BCUT2D eigenvalue weighted by Gasteiger charge is -1.88. The standard InChI is InChI=1S/C6H6N2O/c1-5-2-6(8-9)4-7-3-5/h2-4H,1H3. The summed E-state index contributed by atoms with van der Waals surface area (Å²) in [5.41, 5.74) is 1.34. The summed E-state index contributed by atoms with van der Waals surface area (Å²) >= 11 is 0. The fourth-order valence-corrected chi connectivity index (χ4v) is 0.589. The van der Waals surface area contributed by atoms with Gasteiger partial charge in [-0.2, -0.15) is 0 Å². The zero-order valence-electron chi connectivity index (χ0n) is 5.03. The molecule has 0 spiro atoms. The number of aryl methyl sites for hydroxylation is 1. The second kappa shape index (κ2) is 2.35. The predicted octanol–water partition coefficient (Wildman–Crippen LogP) is 1.79. The Bertz CT molecular complexity index is 222. The number of aromatic nitrogens is 1. The third-order valence-corrected chi connectivity index (χ3v) is 0.966. The summed E-state index contributed by atoms with van der Waals surface area (Å²) in [7, 11) is 0. The van der Waals surface area contributed by atoms with Crippen molar-refractivity contribution >= 4 is 5.69 Å². The molecule has 0 amide bonds. The van der Waals surface area contributed by atoms with Crippen molar-refractivity contribution in [1.29, 1.82) is 0 Å². The van der Waals surface area contributed by atoms with Crippen LogP contribution in [-0.4, -0.2) is 4.98 Å². The quantitative estimate of drug-likeness (QED) is 0.533. The van der Waals surface area contributed by atoms with Gasteiger partial charge in [-0.05, 0) is 23.7 Å². The molecule has 0 N–H and O–H groups in total. The van der Waals surface area contributed by atoms with Gasteiger partial charge in [0.15, 0.2) is 0 Å². The molecule has 0 aliphatic heterocycles. The van der Waals surface area contributed by atoms with E-state index < -0.39 is 0 Å². The van der Waals surface area contributed by atoms with Gasteiger partial charge >= 0.3 is 0 Å². The highest BCUT2D eigenvalue weighted by molar-refractivity contribution is 5.35. The van der Waals surface area contributed by atoms with Gasteiger partial charge in [0.2, 0.25) is 0 Å². The highest BCUT2D eigenvalue weighted by atomic mass is 16.3. The molecule has 1 aromatic rings.